The summed E-state index contributed by atoms with van der Waals surface area (Å²) in [6.07, 6.45) is 1.68. The molecule has 0 aliphatic carbocycles. The third-order valence-electron chi connectivity index (χ3n) is 3.27. The topological polar surface area (TPSA) is 74.4 Å². The fourth-order valence-electron chi connectivity index (χ4n) is 2.30. The molecule has 0 saturated heterocycles. The molecule has 0 aliphatic rings. The molecule has 0 bridgehead atoms. The zero-order chi connectivity index (χ0) is 13.5. The van der Waals surface area contributed by atoms with Gasteiger partial charge < -0.3 is 9.97 Å². The van der Waals surface area contributed by atoms with Crippen LogP contribution in [0.2, 0.25) is 0 Å². The minimum Gasteiger partial charge on any atom is -0.336 e. The minimum atomic E-state index is -0.164. The van der Waals surface area contributed by atoms with Crippen molar-refractivity contribution in [3.63, 3.8) is 0 Å². The molecule has 20 heavy (non-hydrogen) atoms. The molecule has 2 N–H and O–H groups in total. The Balaban J connectivity index is 2.01. The van der Waals surface area contributed by atoms with E-state index < -0.39 is 0 Å². The average Bonchev–Trinajstić information content (AvgIpc) is 2.90. The summed E-state index contributed by atoms with van der Waals surface area (Å²) in [4.78, 5) is 26.7. The number of fused-ring (bicyclic) bond motifs is 2. The highest BCUT2D eigenvalue weighted by Gasteiger charge is 2.10. The van der Waals surface area contributed by atoms with Crippen molar-refractivity contribution < 1.29 is 0 Å². The quantitative estimate of drug-likeness (QED) is 0.553. The Kier molecular flexibility index (Phi) is 2.20. The predicted molar refractivity (Wildman–Crippen MR) is 77.5 cm³/mol. The van der Waals surface area contributed by atoms with E-state index in [1.165, 1.54) is 0 Å². The van der Waals surface area contributed by atoms with Gasteiger partial charge in [0.15, 0.2) is 5.65 Å². The number of H-pyrrole nitrogens is 2. The van der Waals surface area contributed by atoms with E-state index in [1.807, 2.05) is 42.5 Å². The van der Waals surface area contributed by atoms with Crippen LogP contribution in [0.1, 0.15) is 0 Å². The number of pyridine rings is 2. The number of hydrogen-bond donors (Lipinski definition) is 2. The first kappa shape index (κ1) is 10.9. The van der Waals surface area contributed by atoms with Crippen LogP contribution in [-0.4, -0.2) is 19.9 Å². The van der Waals surface area contributed by atoms with E-state index in [2.05, 4.69) is 19.9 Å². The molecule has 0 aliphatic heterocycles. The molecular formula is C15H10N4O. The molecule has 0 amide bonds. The molecule has 0 unspecified atom stereocenters. The maximum atomic E-state index is 12.2. The lowest BCUT2D eigenvalue weighted by Gasteiger charge is -2.00. The Morgan fingerprint density at radius 2 is 1.80 bits per heavy atom. The van der Waals surface area contributed by atoms with Crippen molar-refractivity contribution in [1.29, 1.82) is 0 Å². The summed E-state index contributed by atoms with van der Waals surface area (Å²) in [5.41, 5.74) is 2.59. The van der Waals surface area contributed by atoms with Crippen LogP contribution in [0.25, 0.3) is 33.5 Å². The first-order chi connectivity index (χ1) is 9.81. The molecule has 5 heteroatoms. The standard InChI is InChI=1S/C15H10N4O/c20-15-10(8-9-4-1-2-5-11(9)18-15)13-17-12-6-3-7-16-14(12)19-13/h1-8H,(H,18,20)(H,16,17,19). The minimum absolute atomic E-state index is 0.164. The van der Waals surface area contributed by atoms with E-state index in [0.29, 0.717) is 17.0 Å². The van der Waals surface area contributed by atoms with Crippen molar-refractivity contribution in [2.75, 3.05) is 0 Å². The molecule has 0 saturated carbocycles. The number of para-hydroxylation sites is 1. The van der Waals surface area contributed by atoms with Gasteiger partial charge in [-0.3, -0.25) is 4.79 Å². The Morgan fingerprint density at radius 1 is 0.950 bits per heavy atom. The number of hydrogen-bond acceptors (Lipinski definition) is 3. The third kappa shape index (κ3) is 1.60. The van der Waals surface area contributed by atoms with Crippen LogP contribution in [0, 0.1) is 0 Å². The molecule has 4 rings (SSSR count). The van der Waals surface area contributed by atoms with Gasteiger partial charge in [0.1, 0.15) is 5.82 Å². The summed E-state index contributed by atoms with van der Waals surface area (Å²) in [5.74, 6) is 0.533. The molecule has 0 spiro atoms. The SMILES string of the molecule is O=c1[nH]c2ccccc2cc1-c1nc2ncccc2[nH]1. The molecule has 0 atom stereocenters. The summed E-state index contributed by atoms with van der Waals surface area (Å²) >= 11 is 0. The highest BCUT2D eigenvalue weighted by atomic mass is 16.1. The molecule has 0 fully saturated rings. The van der Waals surface area contributed by atoms with E-state index in [1.54, 1.807) is 6.20 Å². The zero-order valence-corrected chi connectivity index (χ0v) is 10.4. The third-order valence-corrected chi connectivity index (χ3v) is 3.27. The summed E-state index contributed by atoms with van der Waals surface area (Å²) in [5, 5.41) is 0.968. The summed E-state index contributed by atoms with van der Waals surface area (Å²) in [6.45, 7) is 0. The van der Waals surface area contributed by atoms with Crippen molar-refractivity contribution >= 4 is 22.1 Å². The largest absolute Gasteiger partial charge is 0.336 e. The van der Waals surface area contributed by atoms with Gasteiger partial charge >= 0.3 is 0 Å². The van der Waals surface area contributed by atoms with E-state index in [4.69, 9.17) is 0 Å². The number of nitrogens with one attached hydrogen (secondary N) is 2. The van der Waals surface area contributed by atoms with Crippen molar-refractivity contribution in [3.05, 3.63) is 59.0 Å². The number of aromatic nitrogens is 4. The monoisotopic (exact) mass is 262 g/mol. The molecule has 5 nitrogen and oxygen atoms in total. The van der Waals surface area contributed by atoms with Crippen molar-refractivity contribution in [1.82, 2.24) is 19.9 Å². The zero-order valence-electron chi connectivity index (χ0n) is 10.4. The van der Waals surface area contributed by atoms with E-state index >= 15 is 0 Å². The maximum absolute atomic E-state index is 12.2. The Bertz CT molecular complexity index is 951. The second kappa shape index (κ2) is 4.03. The molecule has 4 aromatic rings. The first-order valence-corrected chi connectivity index (χ1v) is 6.24. The Hall–Kier alpha value is -2.95. The van der Waals surface area contributed by atoms with Gasteiger partial charge in [-0.25, -0.2) is 9.97 Å². The molecule has 0 radical (unpaired) electrons. The van der Waals surface area contributed by atoms with E-state index in [9.17, 15) is 4.79 Å². The fourth-order valence-corrected chi connectivity index (χ4v) is 2.30. The van der Waals surface area contributed by atoms with Crippen LogP contribution in [0.15, 0.2) is 53.5 Å². The van der Waals surface area contributed by atoms with Gasteiger partial charge in [0.05, 0.1) is 11.1 Å². The normalized spacial score (nSPS) is 11.2. The van der Waals surface area contributed by atoms with E-state index in [-0.39, 0.29) is 5.56 Å². The van der Waals surface area contributed by atoms with Crippen molar-refractivity contribution in [2.45, 2.75) is 0 Å². The molecular weight excluding hydrogens is 252 g/mol. The lowest BCUT2D eigenvalue weighted by Crippen LogP contribution is -2.09. The van der Waals surface area contributed by atoms with Gasteiger partial charge in [0, 0.05) is 11.7 Å². The second-order valence-electron chi connectivity index (χ2n) is 4.56. The lowest BCUT2D eigenvalue weighted by atomic mass is 10.1. The Labute approximate surface area is 113 Å². The fraction of sp³-hybridized carbons (Fsp3) is 0. The van der Waals surface area contributed by atoms with Gasteiger partial charge in [-0.1, -0.05) is 18.2 Å². The van der Waals surface area contributed by atoms with Gasteiger partial charge in [-0.05, 0) is 29.7 Å². The van der Waals surface area contributed by atoms with Gasteiger partial charge in [-0.2, -0.15) is 0 Å². The number of imidazole rings is 1. The van der Waals surface area contributed by atoms with Crippen LogP contribution in [-0.2, 0) is 0 Å². The second-order valence-corrected chi connectivity index (χ2v) is 4.56. The number of aromatic amines is 2. The first-order valence-electron chi connectivity index (χ1n) is 6.24. The van der Waals surface area contributed by atoms with Crippen molar-refractivity contribution in [2.24, 2.45) is 0 Å². The molecule has 1 aromatic carbocycles. The van der Waals surface area contributed by atoms with Crippen LogP contribution in [0.4, 0.5) is 0 Å². The summed E-state index contributed by atoms with van der Waals surface area (Å²) < 4.78 is 0. The molecule has 96 valence electrons. The van der Waals surface area contributed by atoms with E-state index in [0.717, 1.165) is 16.4 Å². The molecule has 3 aromatic heterocycles. The van der Waals surface area contributed by atoms with Crippen LogP contribution < -0.4 is 5.56 Å². The highest BCUT2D eigenvalue weighted by molar-refractivity contribution is 5.83. The van der Waals surface area contributed by atoms with Gasteiger partial charge in [0.25, 0.3) is 5.56 Å². The number of nitrogens with zero attached hydrogens (tertiary/aromatic N) is 2. The van der Waals surface area contributed by atoms with Crippen LogP contribution in [0.5, 0.6) is 0 Å². The maximum Gasteiger partial charge on any atom is 0.259 e. The average molecular weight is 262 g/mol. The predicted octanol–water partition coefficient (Wildman–Crippen LogP) is 2.47. The van der Waals surface area contributed by atoms with Gasteiger partial charge in [-0.15, -0.1) is 0 Å². The van der Waals surface area contributed by atoms with Crippen LogP contribution in [0.3, 0.4) is 0 Å². The van der Waals surface area contributed by atoms with Crippen LogP contribution >= 0.6 is 0 Å². The number of rotatable bonds is 1. The highest BCUT2D eigenvalue weighted by Crippen LogP contribution is 2.19. The smallest absolute Gasteiger partial charge is 0.259 e. The Morgan fingerprint density at radius 3 is 2.70 bits per heavy atom. The summed E-state index contributed by atoms with van der Waals surface area (Å²) in [7, 11) is 0. The number of benzene rings is 1. The molecule has 3 heterocycles. The lowest BCUT2D eigenvalue weighted by molar-refractivity contribution is 1.24. The van der Waals surface area contributed by atoms with Gasteiger partial charge in [0.2, 0.25) is 0 Å². The summed E-state index contributed by atoms with van der Waals surface area (Å²) in [6, 6.07) is 13.2. The van der Waals surface area contributed by atoms with Crippen molar-refractivity contribution in [3.8, 4) is 11.4 Å².